The minimum atomic E-state index is 0.615. The number of halogens is 1. The molecule has 2 nitrogen and oxygen atoms in total. The summed E-state index contributed by atoms with van der Waals surface area (Å²) in [5.41, 5.74) is 2.37. The van der Waals surface area contributed by atoms with Crippen molar-refractivity contribution in [3.63, 3.8) is 0 Å². The lowest BCUT2D eigenvalue weighted by molar-refractivity contribution is 0.308. The molecule has 1 aliphatic rings. The van der Waals surface area contributed by atoms with Crippen LogP contribution < -0.4 is 10.1 Å². The second-order valence-electron chi connectivity index (χ2n) is 4.72. The molecule has 0 bridgehead atoms. The van der Waals surface area contributed by atoms with Crippen LogP contribution in [0.4, 0.5) is 5.69 Å². The SMILES string of the molecule is COc1cc(Br)cc(C)c1NC1CC(C)C1. The van der Waals surface area contributed by atoms with Crippen LogP contribution in [0.5, 0.6) is 5.75 Å². The highest BCUT2D eigenvalue weighted by Gasteiger charge is 2.26. The summed E-state index contributed by atoms with van der Waals surface area (Å²) in [7, 11) is 1.72. The molecule has 88 valence electrons. The predicted octanol–water partition coefficient (Wildman–Crippen LogP) is 3.98. The molecular formula is C13H18BrNO. The van der Waals surface area contributed by atoms with Crippen LogP contribution in [0.25, 0.3) is 0 Å². The predicted molar refractivity (Wildman–Crippen MR) is 71.2 cm³/mol. The largest absolute Gasteiger partial charge is 0.495 e. The van der Waals surface area contributed by atoms with Gasteiger partial charge in [-0.3, -0.25) is 0 Å². The van der Waals surface area contributed by atoms with Gasteiger partial charge in [0.1, 0.15) is 5.75 Å². The van der Waals surface area contributed by atoms with E-state index in [0.717, 1.165) is 21.8 Å². The summed E-state index contributed by atoms with van der Waals surface area (Å²) in [4.78, 5) is 0. The third-order valence-electron chi connectivity index (χ3n) is 3.21. The first kappa shape index (κ1) is 11.8. The van der Waals surface area contributed by atoms with Crippen molar-refractivity contribution in [3.05, 3.63) is 22.2 Å². The van der Waals surface area contributed by atoms with Crippen LogP contribution in [0.3, 0.4) is 0 Å². The van der Waals surface area contributed by atoms with Gasteiger partial charge in [-0.2, -0.15) is 0 Å². The third-order valence-corrected chi connectivity index (χ3v) is 3.66. The number of hydrogen-bond acceptors (Lipinski definition) is 2. The summed E-state index contributed by atoms with van der Waals surface area (Å²) < 4.78 is 6.48. The third kappa shape index (κ3) is 2.34. The molecule has 1 aromatic carbocycles. The fourth-order valence-electron chi connectivity index (χ4n) is 2.28. The van der Waals surface area contributed by atoms with E-state index in [1.807, 2.05) is 6.07 Å². The minimum Gasteiger partial charge on any atom is -0.495 e. The summed E-state index contributed by atoms with van der Waals surface area (Å²) in [5, 5.41) is 3.58. The van der Waals surface area contributed by atoms with E-state index >= 15 is 0 Å². The second kappa shape index (κ2) is 4.66. The zero-order chi connectivity index (χ0) is 11.7. The summed E-state index contributed by atoms with van der Waals surface area (Å²) in [6.45, 7) is 4.40. The fourth-order valence-corrected chi connectivity index (χ4v) is 2.83. The lowest BCUT2D eigenvalue weighted by Crippen LogP contribution is -2.34. The number of anilines is 1. The Morgan fingerprint density at radius 3 is 2.62 bits per heavy atom. The molecule has 0 radical (unpaired) electrons. The van der Waals surface area contributed by atoms with Gasteiger partial charge < -0.3 is 10.1 Å². The van der Waals surface area contributed by atoms with Crippen molar-refractivity contribution in [1.29, 1.82) is 0 Å². The van der Waals surface area contributed by atoms with Crippen molar-refractivity contribution in [2.75, 3.05) is 12.4 Å². The van der Waals surface area contributed by atoms with Crippen molar-refractivity contribution < 1.29 is 4.74 Å². The molecule has 0 aromatic heterocycles. The average Bonchev–Trinajstić information content (AvgIpc) is 2.18. The first-order valence-corrected chi connectivity index (χ1v) is 6.50. The topological polar surface area (TPSA) is 21.3 Å². The second-order valence-corrected chi connectivity index (χ2v) is 5.63. The minimum absolute atomic E-state index is 0.615. The van der Waals surface area contributed by atoms with E-state index in [2.05, 4.69) is 41.2 Å². The highest BCUT2D eigenvalue weighted by atomic mass is 79.9. The average molecular weight is 284 g/mol. The summed E-state index contributed by atoms with van der Waals surface area (Å²) in [5.74, 6) is 1.78. The maximum absolute atomic E-state index is 5.41. The molecule has 0 aliphatic heterocycles. The number of nitrogens with one attached hydrogen (secondary N) is 1. The van der Waals surface area contributed by atoms with Crippen LogP contribution in [-0.2, 0) is 0 Å². The van der Waals surface area contributed by atoms with Gasteiger partial charge in [0.25, 0.3) is 0 Å². The van der Waals surface area contributed by atoms with Crippen molar-refractivity contribution in [1.82, 2.24) is 0 Å². The molecule has 1 fully saturated rings. The molecule has 1 N–H and O–H groups in total. The van der Waals surface area contributed by atoms with Crippen LogP contribution >= 0.6 is 15.9 Å². The molecule has 0 atom stereocenters. The quantitative estimate of drug-likeness (QED) is 0.906. The van der Waals surface area contributed by atoms with Gasteiger partial charge in [-0.1, -0.05) is 22.9 Å². The molecule has 0 heterocycles. The zero-order valence-electron chi connectivity index (χ0n) is 10.0. The normalized spacial score (nSPS) is 23.8. The molecule has 3 heteroatoms. The Hall–Kier alpha value is -0.700. The maximum Gasteiger partial charge on any atom is 0.143 e. The molecular weight excluding hydrogens is 266 g/mol. The standard InChI is InChI=1S/C13H18BrNO/c1-8-4-11(5-8)15-13-9(2)6-10(14)7-12(13)16-3/h6-8,11,15H,4-5H2,1-3H3. The van der Waals surface area contributed by atoms with E-state index in [1.165, 1.54) is 18.4 Å². The lowest BCUT2D eigenvalue weighted by atomic mass is 9.81. The van der Waals surface area contributed by atoms with Crippen molar-refractivity contribution in [2.24, 2.45) is 5.92 Å². The van der Waals surface area contributed by atoms with Gasteiger partial charge in [-0.25, -0.2) is 0 Å². The van der Waals surface area contributed by atoms with E-state index in [-0.39, 0.29) is 0 Å². The van der Waals surface area contributed by atoms with Gasteiger partial charge in [-0.05, 0) is 43.4 Å². The Balaban J connectivity index is 2.18. The van der Waals surface area contributed by atoms with Crippen LogP contribution in [0, 0.1) is 12.8 Å². The number of benzene rings is 1. The molecule has 1 aliphatic carbocycles. The Bertz CT molecular complexity index is 386. The number of methoxy groups -OCH3 is 1. The number of ether oxygens (including phenoxy) is 1. The van der Waals surface area contributed by atoms with Gasteiger partial charge in [0, 0.05) is 10.5 Å². The van der Waals surface area contributed by atoms with Gasteiger partial charge in [-0.15, -0.1) is 0 Å². The van der Waals surface area contributed by atoms with Crippen molar-refractivity contribution >= 4 is 21.6 Å². The highest BCUT2D eigenvalue weighted by Crippen LogP contribution is 2.36. The smallest absolute Gasteiger partial charge is 0.143 e. The van der Waals surface area contributed by atoms with E-state index in [1.54, 1.807) is 7.11 Å². The molecule has 1 aromatic rings. The Kier molecular flexibility index (Phi) is 3.43. The Morgan fingerprint density at radius 2 is 2.06 bits per heavy atom. The first-order chi connectivity index (χ1) is 7.60. The van der Waals surface area contributed by atoms with Crippen LogP contribution in [0.2, 0.25) is 0 Å². The zero-order valence-corrected chi connectivity index (χ0v) is 11.6. The van der Waals surface area contributed by atoms with Gasteiger partial charge in [0.2, 0.25) is 0 Å². The Morgan fingerprint density at radius 1 is 1.38 bits per heavy atom. The maximum atomic E-state index is 5.41. The van der Waals surface area contributed by atoms with Crippen LogP contribution in [-0.4, -0.2) is 13.2 Å². The van der Waals surface area contributed by atoms with Gasteiger partial charge >= 0.3 is 0 Å². The molecule has 1 saturated carbocycles. The number of aryl methyl sites for hydroxylation is 1. The van der Waals surface area contributed by atoms with E-state index in [0.29, 0.717) is 6.04 Å². The van der Waals surface area contributed by atoms with Gasteiger partial charge in [0.05, 0.1) is 12.8 Å². The van der Waals surface area contributed by atoms with Gasteiger partial charge in [0.15, 0.2) is 0 Å². The van der Waals surface area contributed by atoms with E-state index < -0.39 is 0 Å². The fraction of sp³-hybridized carbons (Fsp3) is 0.538. The van der Waals surface area contributed by atoms with Crippen molar-refractivity contribution in [3.8, 4) is 5.75 Å². The first-order valence-electron chi connectivity index (χ1n) is 5.71. The summed E-state index contributed by atoms with van der Waals surface area (Å²) >= 11 is 3.49. The van der Waals surface area contributed by atoms with E-state index in [9.17, 15) is 0 Å². The molecule has 0 saturated heterocycles. The van der Waals surface area contributed by atoms with Crippen LogP contribution in [0.1, 0.15) is 25.3 Å². The molecule has 2 rings (SSSR count). The summed E-state index contributed by atoms with van der Waals surface area (Å²) in [6.07, 6.45) is 2.53. The molecule has 0 amide bonds. The van der Waals surface area contributed by atoms with Crippen LogP contribution in [0.15, 0.2) is 16.6 Å². The molecule has 16 heavy (non-hydrogen) atoms. The number of rotatable bonds is 3. The summed E-state index contributed by atoms with van der Waals surface area (Å²) in [6, 6.07) is 4.74. The Labute approximate surface area is 106 Å². The molecule has 0 unspecified atom stereocenters. The monoisotopic (exact) mass is 283 g/mol. The highest BCUT2D eigenvalue weighted by molar-refractivity contribution is 9.10. The lowest BCUT2D eigenvalue weighted by Gasteiger charge is -2.35. The number of hydrogen-bond donors (Lipinski definition) is 1. The molecule has 0 spiro atoms. The van der Waals surface area contributed by atoms with E-state index in [4.69, 9.17) is 4.74 Å². The van der Waals surface area contributed by atoms with Crippen molar-refractivity contribution in [2.45, 2.75) is 32.7 Å².